The Labute approximate surface area is 242 Å². The quantitative estimate of drug-likeness (QED) is 0.308. The molecule has 1 N–H and O–H groups in total. The van der Waals surface area contributed by atoms with Crippen molar-refractivity contribution >= 4 is 41.3 Å². The first-order valence-electron chi connectivity index (χ1n) is 13.3. The van der Waals surface area contributed by atoms with Gasteiger partial charge < -0.3 is 14.8 Å². The molecule has 41 heavy (non-hydrogen) atoms. The topological polar surface area (TPSA) is 135 Å². The van der Waals surface area contributed by atoms with Gasteiger partial charge in [0.1, 0.15) is 12.0 Å². The number of halogens is 1. The first-order chi connectivity index (χ1) is 19.8. The van der Waals surface area contributed by atoms with E-state index in [0.717, 1.165) is 46.3 Å². The molecule has 0 unspecified atom stereocenters. The van der Waals surface area contributed by atoms with Gasteiger partial charge in [-0.2, -0.15) is 5.26 Å². The van der Waals surface area contributed by atoms with E-state index in [1.807, 2.05) is 0 Å². The number of nitrogens with one attached hydrogen (secondary N) is 1. The van der Waals surface area contributed by atoms with Gasteiger partial charge in [0.15, 0.2) is 17.0 Å². The number of aliphatic imine (C=N–C) groups is 1. The standard InChI is InChI=1S/C31H28ClN3O6/c1-40-28(38)23-24(29(39)41-2)31(26(36)21-10-6-7-11-22(21)27(31)37)30(17-33,25(23)35-20-8-4-3-5-9-20)34-16-18-12-14-19(32)15-13-18/h6-7,10-16,20,24,35H,3-5,8-9H2,1-2H3/t24-,30-/m1/s1. The van der Waals surface area contributed by atoms with Crippen LogP contribution in [0.25, 0.3) is 0 Å². The summed E-state index contributed by atoms with van der Waals surface area (Å²) in [6, 6.07) is 14.6. The zero-order valence-corrected chi connectivity index (χ0v) is 23.4. The van der Waals surface area contributed by atoms with Gasteiger partial charge in [0.05, 0.1) is 25.5 Å². The lowest BCUT2D eigenvalue weighted by atomic mass is 9.62. The summed E-state index contributed by atoms with van der Waals surface area (Å²) in [7, 11) is 2.23. The molecule has 3 aliphatic rings. The third kappa shape index (κ3) is 4.16. The van der Waals surface area contributed by atoms with Crippen molar-refractivity contribution in [1.82, 2.24) is 5.32 Å². The van der Waals surface area contributed by atoms with E-state index in [1.165, 1.54) is 18.3 Å². The predicted molar refractivity (Wildman–Crippen MR) is 149 cm³/mol. The maximum Gasteiger partial charge on any atom is 0.336 e. The van der Waals surface area contributed by atoms with Crippen molar-refractivity contribution in [3.05, 3.63) is 81.5 Å². The number of nitrogens with zero attached hydrogens (tertiary/aromatic N) is 2. The number of hydrogen-bond acceptors (Lipinski definition) is 9. The molecule has 0 amide bonds. The highest BCUT2D eigenvalue weighted by atomic mass is 35.5. The van der Waals surface area contributed by atoms with Crippen molar-refractivity contribution in [3.63, 3.8) is 0 Å². The fourth-order valence-electron chi connectivity index (χ4n) is 6.39. The summed E-state index contributed by atoms with van der Waals surface area (Å²) in [5, 5.41) is 14.8. The van der Waals surface area contributed by atoms with Crippen LogP contribution in [-0.2, 0) is 19.1 Å². The maximum absolute atomic E-state index is 14.5. The number of ether oxygens (including phenoxy) is 2. The van der Waals surface area contributed by atoms with Gasteiger partial charge in [-0.25, -0.2) is 4.79 Å². The van der Waals surface area contributed by atoms with E-state index in [9.17, 15) is 24.4 Å². The highest BCUT2D eigenvalue weighted by molar-refractivity contribution is 6.34. The Balaban J connectivity index is 1.86. The van der Waals surface area contributed by atoms with Crippen LogP contribution in [0.4, 0.5) is 0 Å². The molecule has 0 saturated heterocycles. The van der Waals surface area contributed by atoms with Gasteiger partial charge in [-0.3, -0.25) is 19.4 Å². The largest absolute Gasteiger partial charge is 0.469 e. The number of rotatable bonds is 6. The van der Waals surface area contributed by atoms with Crippen molar-refractivity contribution in [3.8, 4) is 6.07 Å². The summed E-state index contributed by atoms with van der Waals surface area (Å²) in [6.45, 7) is 0. The van der Waals surface area contributed by atoms with E-state index in [1.54, 1.807) is 36.4 Å². The first kappa shape index (κ1) is 28.2. The summed E-state index contributed by atoms with van der Waals surface area (Å²) in [6.07, 6.45) is 5.63. The second-order valence-corrected chi connectivity index (χ2v) is 10.8. The summed E-state index contributed by atoms with van der Waals surface area (Å²) in [5.74, 6) is -5.36. The number of carbonyl (C=O) groups excluding carboxylic acids is 4. The zero-order valence-electron chi connectivity index (χ0n) is 22.6. The van der Waals surface area contributed by atoms with Crippen LogP contribution in [0.15, 0.2) is 64.8 Å². The molecule has 0 aliphatic heterocycles. The van der Waals surface area contributed by atoms with E-state index < -0.39 is 40.4 Å². The molecule has 2 aromatic carbocycles. The third-order valence-electron chi connectivity index (χ3n) is 8.29. The van der Waals surface area contributed by atoms with Gasteiger partial charge in [0.2, 0.25) is 5.54 Å². The van der Waals surface area contributed by atoms with Gasteiger partial charge in [-0.1, -0.05) is 67.3 Å². The summed E-state index contributed by atoms with van der Waals surface area (Å²) < 4.78 is 10.2. The molecule has 210 valence electrons. The summed E-state index contributed by atoms with van der Waals surface area (Å²) in [5.41, 5.74) is -4.59. The SMILES string of the molecule is COC(=O)C1=C(NC2CCCCC2)[C@@](C#N)(N=Cc2ccc(Cl)cc2)C2(C(=O)c3ccccc3C2=O)[C@H]1C(=O)OC. The molecular formula is C31H28ClN3O6. The van der Waals surface area contributed by atoms with Crippen LogP contribution in [0.3, 0.4) is 0 Å². The first-order valence-corrected chi connectivity index (χ1v) is 13.7. The number of ketones is 2. The molecule has 3 aliphatic carbocycles. The van der Waals surface area contributed by atoms with Crippen LogP contribution >= 0.6 is 11.6 Å². The number of Topliss-reactive ketones (excluding diaryl/α,β-unsaturated/α-hetero) is 2. The number of hydrogen-bond donors (Lipinski definition) is 1. The number of methoxy groups -OCH3 is 2. The zero-order chi connectivity index (χ0) is 29.4. The second kappa shape index (κ2) is 10.9. The summed E-state index contributed by atoms with van der Waals surface area (Å²) >= 11 is 6.05. The Morgan fingerprint density at radius 3 is 2.15 bits per heavy atom. The maximum atomic E-state index is 14.5. The number of carbonyl (C=O) groups is 4. The minimum Gasteiger partial charge on any atom is -0.469 e. The smallest absolute Gasteiger partial charge is 0.336 e. The average molecular weight is 574 g/mol. The molecule has 1 fully saturated rings. The van der Waals surface area contributed by atoms with Crippen LogP contribution in [0, 0.1) is 22.7 Å². The molecule has 0 aromatic heterocycles. The van der Waals surface area contributed by atoms with Gasteiger partial charge in [0, 0.05) is 28.4 Å². The van der Waals surface area contributed by atoms with Gasteiger partial charge in [0.25, 0.3) is 0 Å². The van der Waals surface area contributed by atoms with Crippen molar-refractivity contribution in [2.75, 3.05) is 14.2 Å². The lowest BCUT2D eigenvalue weighted by molar-refractivity contribution is -0.149. The molecule has 9 nitrogen and oxygen atoms in total. The monoisotopic (exact) mass is 573 g/mol. The van der Waals surface area contributed by atoms with E-state index in [0.29, 0.717) is 10.6 Å². The van der Waals surface area contributed by atoms with E-state index in [-0.39, 0.29) is 28.4 Å². The van der Waals surface area contributed by atoms with Crippen molar-refractivity contribution in [1.29, 1.82) is 5.26 Å². The van der Waals surface area contributed by atoms with Gasteiger partial charge >= 0.3 is 11.9 Å². The second-order valence-electron chi connectivity index (χ2n) is 10.4. The number of esters is 2. The van der Waals surface area contributed by atoms with E-state index in [4.69, 9.17) is 21.1 Å². The highest BCUT2D eigenvalue weighted by Crippen LogP contribution is 2.61. The number of benzene rings is 2. The van der Waals surface area contributed by atoms with Crippen LogP contribution in [0.5, 0.6) is 0 Å². The van der Waals surface area contributed by atoms with Crippen LogP contribution in [0.1, 0.15) is 58.4 Å². The normalized spacial score (nSPS) is 23.5. The molecule has 0 radical (unpaired) electrons. The van der Waals surface area contributed by atoms with E-state index >= 15 is 0 Å². The Hall–Kier alpha value is -4.29. The van der Waals surface area contributed by atoms with Crippen LogP contribution in [-0.4, -0.2) is 55.5 Å². The molecule has 2 atom stereocenters. The van der Waals surface area contributed by atoms with Gasteiger partial charge in [-0.15, -0.1) is 0 Å². The fraction of sp³-hybridized carbons (Fsp3) is 0.355. The molecule has 1 saturated carbocycles. The molecular weight excluding hydrogens is 546 g/mol. The Morgan fingerprint density at radius 1 is 1.00 bits per heavy atom. The molecule has 0 bridgehead atoms. The fourth-order valence-corrected chi connectivity index (χ4v) is 6.52. The van der Waals surface area contributed by atoms with Crippen molar-refractivity contribution < 1.29 is 28.7 Å². The highest BCUT2D eigenvalue weighted by Gasteiger charge is 2.78. The average Bonchev–Trinajstić information content (AvgIpc) is 3.39. The van der Waals surface area contributed by atoms with Gasteiger partial charge in [-0.05, 0) is 30.5 Å². The Morgan fingerprint density at radius 2 is 1.61 bits per heavy atom. The summed E-state index contributed by atoms with van der Waals surface area (Å²) in [4.78, 5) is 60.8. The molecule has 0 heterocycles. The number of nitriles is 1. The van der Waals surface area contributed by atoms with Crippen LogP contribution in [0.2, 0.25) is 5.02 Å². The van der Waals surface area contributed by atoms with Crippen molar-refractivity contribution in [2.24, 2.45) is 16.3 Å². The predicted octanol–water partition coefficient (Wildman–Crippen LogP) is 4.24. The third-order valence-corrected chi connectivity index (χ3v) is 8.54. The Kier molecular flexibility index (Phi) is 7.54. The van der Waals surface area contributed by atoms with Crippen LogP contribution < -0.4 is 5.32 Å². The van der Waals surface area contributed by atoms with E-state index in [2.05, 4.69) is 16.4 Å². The Bertz CT molecular complexity index is 1500. The number of fused-ring (bicyclic) bond motifs is 1. The van der Waals surface area contributed by atoms with Crippen molar-refractivity contribution in [2.45, 2.75) is 43.7 Å². The lowest BCUT2D eigenvalue weighted by Crippen LogP contribution is -2.58. The molecule has 2 aromatic rings. The minimum absolute atomic E-state index is 0.0378. The lowest BCUT2D eigenvalue weighted by Gasteiger charge is -2.38. The molecule has 1 spiro atoms. The molecule has 10 heteroatoms. The minimum atomic E-state index is -2.46. The molecule has 5 rings (SSSR count).